The summed E-state index contributed by atoms with van der Waals surface area (Å²) < 4.78 is 5.62. The van der Waals surface area contributed by atoms with Crippen molar-refractivity contribution in [3.05, 3.63) is 0 Å². The first-order valence-electron chi connectivity index (χ1n) is 8.70. The second-order valence-corrected chi connectivity index (χ2v) is 7.73. The van der Waals surface area contributed by atoms with E-state index in [1.54, 1.807) is 0 Å². The van der Waals surface area contributed by atoms with Gasteiger partial charge in [0.1, 0.15) is 0 Å². The number of rotatable bonds is 6. The van der Waals surface area contributed by atoms with Crippen LogP contribution in [0.15, 0.2) is 0 Å². The first-order chi connectivity index (χ1) is 9.97. The highest BCUT2D eigenvalue weighted by Crippen LogP contribution is 2.32. The maximum atomic E-state index is 5.62. The van der Waals surface area contributed by atoms with Gasteiger partial charge in [0, 0.05) is 51.5 Å². The third-order valence-corrected chi connectivity index (χ3v) is 5.43. The SMILES string of the molecule is CCCNCC1(CN2CCN(C)C(C)(C)C2)CCOCC1. The molecule has 0 aliphatic carbocycles. The number of hydrogen-bond acceptors (Lipinski definition) is 4. The van der Waals surface area contributed by atoms with E-state index in [1.165, 1.54) is 45.4 Å². The number of hydrogen-bond donors (Lipinski definition) is 1. The average molecular weight is 297 g/mol. The quantitative estimate of drug-likeness (QED) is 0.757. The Bertz CT molecular complexity index is 313. The van der Waals surface area contributed by atoms with Crippen LogP contribution in [-0.4, -0.2) is 74.9 Å². The lowest BCUT2D eigenvalue weighted by Gasteiger charge is -2.49. The summed E-state index contributed by atoms with van der Waals surface area (Å²) in [6.07, 6.45) is 3.63. The molecule has 21 heavy (non-hydrogen) atoms. The van der Waals surface area contributed by atoms with Crippen molar-refractivity contribution < 1.29 is 4.74 Å². The fourth-order valence-corrected chi connectivity index (χ4v) is 3.68. The van der Waals surface area contributed by atoms with E-state index in [-0.39, 0.29) is 0 Å². The average Bonchev–Trinajstić information content (AvgIpc) is 2.44. The number of likely N-dealkylation sites (N-methyl/N-ethyl adjacent to an activating group) is 1. The Labute approximate surface area is 131 Å². The van der Waals surface area contributed by atoms with Crippen LogP contribution in [0.4, 0.5) is 0 Å². The standard InChI is InChI=1S/C17H35N3O/c1-5-8-18-13-17(6-11-21-12-7-17)15-20-10-9-19(4)16(2,3)14-20/h18H,5-15H2,1-4H3. The Hall–Kier alpha value is -0.160. The Morgan fingerprint density at radius 1 is 1.14 bits per heavy atom. The fourth-order valence-electron chi connectivity index (χ4n) is 3.68. The molecule has 0 aromatic carbocycles. The lowest BCUT2D eigenvalue weighted by molar-refractivity contribution is -0.0300. The van der Waals surface area contributed by atoms with Crippen molar-refractivity contribution in [2.75, 3.05) is 59.5 Å². The molecule has 0 spiro atoms. The molecule has 1 N–H and O–H groups in total. The van der Waals surface area contributed by atoms with Crippen LogP contribution in [0.5, 0.6) is 0 Å². The maximum Gasteiger partial charge on any atom is 0.0472 e. The molecule has 0 bridgehead atoms. The molecule has 4 nitrogen and oxygen atoms in total. The van der Waals surface area contributed by atoms with E-state index >= 15 is 0 Å². The van der Waals surface area contributed by atoms with Gasteiger partial charge in [0.15, 0.2) is 0 Å². The minimum atomic E-state index is 0.293. The van der Waals surface area contributed by atoms with E-state index in [9.17, 15) is 0 Å². The number of nitrogens with one attached hydrogen (secondary N) is 1. The smallest absolute Gasteiger partial charge is 0.0472 e. The Balaban J connectivity index is 1.94. The first kappa shape index (κ1) is 17.2. The number of nitrogens with zero attached hydrogens (tertiary/aromatic N) is 2. The van der Waals surface area contributed by atoms with Crippen LogP contribution < -0.4 is 5.32 Å². The first-order valence-corrected chi connectivity index (χ1v) is 8.70. The summed E-state index contributed by atoms with van der Waals surface area (Å²) in [5, 5.41) is 3.67. The van der Waals surface area contributed by atoms with Crippen LogP contribution in [0, 0.1) is 5.41 Å². The molecule has 4 heteroatoms. The van der Waals surface area contributed by atoms with Gasteiger partial charge < -0.3 is 10.1 Å². The van der Waals surface area contributed by atoms with Gasteiger partial charge in [-0.3, -0.25) is 9.80 Å². The van der Waals surface area contributed by atoms with E-state index in [0.29, 0.717) is 11.0 Å². The van der Waals surface area contributed by atoms with E-state index < -0.39 is 0 Å². The summed E-state index contributed by atoms with van der Waals surface area (Å²) in [6.45, 7) is 15.9. The highest BCUT2D eigenvalue weighted by atomic mass is 16.5. The van der Waals surface area contributed by atoms with Crippen molar-refractivity contribution in [2.45, 2.75) is 45.6 Å². The Morgan fingerprint density at radius 2 is 1.86 bits per heavy atom. The summed E-state index contributed by atoms with van der Waals surface area (Å²) in [6, 6.07) is 0. The zero-order chi connectivity index (χ0) is 15.3. The molecule has 0 unspecified atom stereocenters. The molecular formula is C17H35N3O. The molecule has 0 aromatic heterocycles. The van der Waals surface area contributed by atoms with E-state index in [1.807, 2.05) is 0 Å². The summed E-state index contributed by atoms with van der Waals surface area (Å²) >= 11 is 0. The van der Waals surface area contributed by atoms with Gasteiger partial charge in [-0.25, -0.2) is 0 Å². The zero-order valence-electron chi connectivity index (χ0n) is 14.6. The lowest BCUT2D eigenvalue weighted by Crippen LogP contribution is -2.60. The largest absolute Gasteiger partial charge is 0.381 e. The second kappa shape index (κ2) is 7.40. The van der Waals surface area contributed by atoms with Crippen molar-refractivity contribution in [2.24, 2.45) is 5.41 Å². The second-order valence-electron chi connectivity index (χ2n) is 7.73. The molecule has 2 fully saturated rings. The van der Waals surface area contributed by atoms with Crippen molar-refractivity contribution >= 4 is 0 Å². The van der Waals surface area contributed by atoms with Crippen LogP contribution in [-0.2, 0) is 4.74 Å². The topological polar surface area (TPSA) is 27.7 Å². The van der Waals surface area contributed by atoms with Gasteiger partial charge >= 0.3 is 0 Å². The van der Waals surface area contributed by atoms with E-state index in [0.717, 1.165) is 26.3 Å². The van der Waals surface area contributed by atoms with Crippen LogP contribution >= 0.6 is 0 Å². The zero-order valence-corrected chi connectivity index (χ0v) is 14.6. The van der Waals surface area contributed by atoms with Crippen LogP contribution in [0.3, 0.4) is 0 Å². The summed E-state index contributed by atoms with van der Waals surface area (Å²) in [5.74, 6) is 0. The molecule has 124 valence electrons. The Kier molecular flexibility index (Phi) is 6.06. The van der Waals surface area contributed by atoms with Crippen molar-refractivity contribution in [3.63, 3.8) is 0 Å². The minimum Gasteiger partial charge on any atom is -0.381 e. The van der Waals surface area contributed by atoms with Crippen LogP contribution in [0.25, 0.3) is 0 Å². The molecule has 0 saturated carbocycles. The minimum absolute atomic E-state index is 0.293. The fraction of sp³-hybridized carbons (Fsp3) is 1.00. The van der Waals surface area contributed by atoms with Gasteiger partial charge in [0.25, 0.3) is 0 Å². The molecular weight excluding hydrogens is 262 g/mol. The molecule has 2 aliphatic rings. The number of piperazine rings is 1. The van der Waals surface area contributed by atoms with Crippen LogP contribution in [0.2, 0.25) is 0 Å². The van der Waals surface area contributed by atoms with Crippen LogP contribution in [0.1, 0.15) is 40.0 Å². The lowest BCUT2D eigenvalue weighted by atomic mass is 9.79. The molecule has 0 amide bonds. The summed E-state index contributed by atoms with van der Waals surface area (Å²) in [4.78, 5) is 5.19. The van der Waals surface area contributed by atoms with E-state index in [2.05, 4.69) is 42.9 Å². The van der Waals surface area contributed by atoms with Crippen molar-refractivity contribution in [1.82, 2.24) is 15.1 Å². The van der Waals surface area contributed by atoms with Gasteiger partial charge in [-0.2, -0.15) is 0 Å². The summed E-state index contributed by atoms with van der Waals surface area (Å²) in [5.41, 5.74) is 0.709. The highest BCUT2D eigenvalue weighted by molar-refractivity contribution is 4.93. The monoisotopic (exact) mass is 297 g/mol. The van der Waals surface area contributed by atoms with Gasteiger partial charge in [-0.05, 0) is 52.1 Å². The third kappa shape index (κ3) is 4.65. The molecule has 2 saturated heterocycles. The predicted molar refractivity (Wildman–Crippen MR) is 88.8 cm³/mol. The molecule has 2 aliphatic heterocycles. The summed E-state index contributed by atoms with van der Waals surface area (Å²) in [7, 11) is 2.25. The van der Waals surface area contributed by atoms with Gasteiger partial charge in [-0.15, -0.1) is 0 Å². The highest BCUT2D eigenvalue weighted by Gasteiger charge is 2.38. The molecule has 0 radical (unpaired) electrons. The maximum absolute atomic E-state index is 5.62. The van der Waals surface area contributed by atoms with Gasteiger partial charge in [0.2, 0.25) is 0 Å². The Morgan fingerprint density at radius 3 is 2.48 bits per heavy atom. The molecule has 0 aromatic rings. The molecule has 0 atom stereocenters. The molecule has 2 heterocycles. The van der Waals surface area contributed by atoms with Gasteiger partial charge in [0.05, 0.1) is 0 Å². The normalized spacial score (nSPS) is 26.9. The van der Waals surface area contributed by atoms with Crippen molar-refractivity contribution in [1.29, 1.82) is 0 Å². The molecule has 2 rings (SSSR count). The predicted octanol–water partition coefficient (Wildman–Crippen LogP) is 1.81. The van der Waals surface area contributed by atoms with Crippen molar-refractivity contribution in [3.8, 4) is 0 Å². The number of ether oxygens (including phenoxy) is 1. The van der Waals surface area contributed by atoms with Gasteiger partial charge in [-0.1, -0.05) is 6.92 Å². The van der Waals surface area contributed by atoms with E-state index in [4.69, 9.17) is 4.74 Å². The third-order valence-electron chi connectivity index (χ3n) is 5.43.